The Kier molecular flexibility index (Phi) is 7.54. The molecular weight excluding hydrogens is 258 g/mol. The number of rotatable bonds is 7. The zero-order chi connectivity index (χ0) is 15.0. The van der Waals surface area contributed by atoms with Crippen LogP contribution in [0.1, 0.15) is 33.1 Å². The molecule has 0 spiro atoms. The molecule has 0 aromatic heterocycles. The molecule has 0 atom stereocenters. The summed E-state index contributed by atoms with van der Waals surface area (Å²) in [5.74, 6) is 0.111. The van der Waals surface area contributed by atoms with E-state index in [0.717, 1.165) is 38.9 Å². The number of aliphatic hydroxyl groups is 1. The summed E-state index contributed by atoms with van der Waals surface area (Å²) in [5.41, 5.74) is 0. The fourth-order valence-corrected chi connectivity index (χ4v) is 2.54. The molecule has 1 aliphatic rings. The third-order valence-corrected chi connectivity index (χ3v) is 3.63. The van der Waals surface area contributed by atoms with Gasteiger partial charge < -0.3 is 15.3 Å². The minimum absolute atomic E-state index is 0.00757. The Balaban J connectivity index is 2.30. The number of nitrogens with zero attached hydrogens (tertiary/aromatic N) is 2. The molecule has 2 N–H and O–H groups in total. The molecule has 6 heteroatoms. The van der Waals surface area contributed by atoms with E-state index in [2.05, 4.69) is 12.2 Å². The molecule has 0 aromatic rings. The second-order valence-corrected chi connectivity index (χ2v) is 5.35. The predicted octanol–water partition coefficient (Wildman–Crippen LogP) is -0.182. The summed E-state index contributed by atoms with van der Waals surface area (Å²) in [6, 6.07) is 0.163. The lowest BCUT2D eigenvalue weighted by Gasteiger charge is -2.32. The van der Waals surface area contributed by atoms with Gasteiger partial charge in [0.2, 0.25) is 11.8 Å². The quantitative estimate of drug-likeness (QED) is 0.680. The van der Waals surface area contributed by atoms with Crippen LogP contribution in [0, 0.1) is 0 Å². The summed E-state index contributed by atoms with van der Waals surface area (Å²) in [4.78, 5) is 27.0. The number of hydrogen-bond acceptors (Lipinski definition) is 4. The summed E-state index contributed by atoms with van der Waals surface area (Å²) in [5, 5.41) is 12.0. The van der Waals surface area contributed by atoms with Crippen LogP contribution in [0.5, 0.6) is 0 Å². The highest BCUT2D eigenvalue weighted by molar-refractivity contribution is 5.78. The highest BCUT2D eigenvalue weighted by Crippen LogP contribution is 2.10. The van der Waals surface area contributed by atoms with Crippen LogP contribution in [0.2, 0.25) is 0 Å². The van der Waals surface area contributed by atoms with Crippen LogP contribution in [0.3, 0.4) is 0 Å². The van der Waals surface area contributed by atoms with E-state index in [-0.39, 0.29) is 24.5 Å². The van der Waals surface area contributed by atoms with E-state index in [9.17, 15) is 9.59 Å². The number of carbonyl (C=O) groups excluding carboxylic acids is 2. The van der Waals surface area contributed by atoms with Gasteiger partial charge in [-0.3, -0.25) is 14.5 Å². The van der Waals surface area contributed by atoms with Gasteiger partial charge in [0.25, 0.3) is 0 Å². The molecule has 6 nitrogen and oxygen atoms in total. The summed E-state index contributed by atoms with van der Waals surface area (Å²) < 4.78 is 0. The molecule has 0 saturated carbocycles. The first-order valence-corrected chi connectivity index (χ1v) is 7.45. The van der Waals surface area contributed by atoms with Crippen LogP contribution in [0.25, 0.3) is 0 Å². The van der Waals surface area contributed by atoms with E-state index in [0.29, 0.717) is 13.1 Å². The number of aliphatic hydroxyl groups excluding tert-OH is 1. The first kappa shape index (κ1) is 16.9. The van der Waals surface area contributed by atoms with E-state index in [1.807, 2.05) is 9.80 Å². The zero-order valence-electron chi connectivity index (χ0n) is 12.6. The molecule has 0 radical (unpaired) electrons. The lowest BCUT2D eigenvalue weighted by molar-refractivity contribution is -0.130. The predicted molar refractivity (Wildman–Crippen MR) is 77.2 cm³/mol. The second-order valence-electron chi connectivity index (χ2n) is 5.35. The first-order valence-electron chi connectivity index (χ1n) is 7.45. The number of piperidine rings is 1. The smallest absolute Gasteiger partial charge is 0.234 e. The molecule has 0 bridgehead atoms. The van der Waals surface area contributed by atoms with Crippen LogP contribution >= 0.6 is 0 Å². The highest BCUT2D eigenvalue weighted by atomic mass is 16.3. The van der Waals surface area contributed by atoms with Crippen LogP contribution in [0.4, 0.5) is 0 Å². The van der Waals surface area contributed by atoms with Gasteiger partial charge >= 0.3 is 0 Å². The number of likely N-dealkylation sites (tertiary alicyclic amines) is 1. The highest BCUT2D eigenvalue weighted by Gasteiger charge is 2.22. The summed E-state index contributed by atoms with van der Waals surface area (Å²) in [6.07, 6.45) is 2.60. The normalized spacial score (nSPS) is 16.5. The van der Waals surface area contributed by atoms with Gasteiger partial charge in [-0.1, -0.05) is 6.92 Å². The summed E-state index contributed by atoms with van der Waals surface area (Å²) >= 11 is 0. The molecule has 1 aliphatic heterocycles. The van der Waals surface area contributed by atoms with Gasteiger partial charge in [-0.2, -0.15) is 0 Å². The average Bonchev–Trinajstić information content (AvgIpc) is 2.39. The van der Waals surface area contributed by atoms with Crippen molar-refractivity contribution in [3.8, 4) is 0 Å². The number of amides is 2. The minimum atomic E-state index is 0.00757. The van der Waals surface area contributed by atoms with Crippen LogP contribution in [-0.4, -0.2) is 72.1 Å². The average molecular weight is 285 g/mol. The Morgan fingerprint density at radius 2 is 1.95 bits per heavy atom. The Bertz CT molecular complexity index is 309. The Hall–Kier alpha value is -1.14. The molecule has 116 valence electrons. The van der Waals surface area contributed by atoms with E-state index < -0.39 is 0 Å². The monoisotopic (exact) mass is 285 g/mol. The first-order chi connectivity index (χ1) is 9.56. The maximum atomic E-state index is 12.0. The standard InChI is InChI=1S/C14H27N3O3/c1-3-6-16(9-10-18)11-14(20)15-13-4-7-17(8-5-13)12(2)19/h13,18H,3-11H2,1-2H3,(H,15,20). The molecule has 0 aliphatic carbocycles. The molecule has 2 amide bonds. The third kappa shape index (κ3) is 5.88. The van der Waals surface area contributed by atoms with Crippen LogP contribution < -0.4 is 5.32 Å². The van der Waals surface area contributed by atoms with Crippen molar-refractivity contribution < 1.29 is 14.7 Å². The van der Waals surface area contributed by atoms with Gasteiger partial charge in [-0.15, -0.1) is 0 Å². The Labute approximate surface area is 121 Å². The summed E-state index contributed by atoms with van der Waals surface area (Å²) in [6.45, 7) is 6.83. The maximum Gasteiger partial charge on any atom is 0.234 e. The third-order valence-electron chi connectivity index (χ3n) is 3.63. The van der Waals surface area contributed by atoms with Gasteiger partial charge in [-0.25, -0.2) is 0 Å². The maximum absolute atomic E-state index is 12.0. The van der Waals surface area contributed by atoms with Crippen molar-refractivity contribution in [3.63, 3.8) is 0 Å². The van der Waals surface area contributed by atoms with Crippen molar-refractivity contribution in [2.75, 3.05) is 39.3 Å². The fourth-order valence-electron chi connectivity index (χ4n) is 2.54. The minimum Gasteiger partial charge on any atom is -0.395 e. The largest absolute Gasteiger partial charge is 0.395 e. The van der Waals surface area contributed by atoms with Gasteiger partial charge in [0, 0.05) is 32.6 Å². The molecule has 20 heavy (non-hydrogen) atoms. The second kappa shape index (κ2) is 8.92. The van der Waals surface area contributed by atoms with E-state index in [4.69, 9.17) is 5.11 Å². The van der Waals surface area contributed by atoms with Gasteiger partial charge in [-0.05, 0) is 25.8 Å². The lowest BCUT2D eigenvalue weighted by atomic mass is 10.1. The van der Waals surface area contributed by atoms with Gasteiger partial charge in [0.15, 0.2) is 0 Å². The van der Waals surface area contributed by atoms with Crippen molar-refractivity contribution in [2.45, 2.75) is 39.2 Å². The molecule has 1 rings (SSSR count). The van der Waals surface area contributed by atoms with E-state index >= 15 is 0 Å². The molecule has 1 fully saturated rings. The number of nitrogens with one attached hydrogen (secondary N) is 1. The zero-order valence-corrected chi connectivity index (χ0v) is 12.6. The van der Waals surface area contributed by atoms with Gasteiger partial charge in [0.1, 0.15) is 0 Å². The van der Waals surface area contributed by atoms with E-state index in [1.54, 1.807) is 6.92 Å². The number of carbonyl (C=O) groups is 2. The molecule has 0 aromatic carbocycles. The summed E-state index contributed by atoms with van der Waals surface area (Å²) in [7, 11) is 0. The SMILES string of the molecule is CCCN(CCO)CC(=O)NC1CCN(C(C)=O)CC1. The van der Waals surface area contributed by atoms with Crippen molar-refractivity contribution >= 4 is 11.8 Å². The topological polar surface area (TPSA) is 72.9 Å². The van der Waals surface area contributed by atoms with Crippen molar-refractivity contribution in [1.29, 1.82) is 0 Å². The van der Waals surface area contributed by atoms with Crippen molar-refractivity contribution in [3.05, 3.63) is 0 Å². The van der Waals surface area contributed by atoms with Gasteiger partial charge in [0.05, 0.1) is 13.2 Å². The van der Waals surface area contributed by atoms with Crippen molar-refractivity contribution in [2.24, 2.45) is 0 Å². The molecule has 1 saturated heterocycles. The molecular formula is C14H27N3O3. The van der Waals surface area contributed by atoms with Crippen LogP contribution in [0.15, 0.2) is 0 Å². The Morgan fingerprint density at radius 3 is 2.45 bits per heavy atom. The lowest BCUT2D eigenvalue weighted by Crippen LogP contribution is -2.48. The number of hydrogen-bond donors (Lipinski definition) is 2. The Morgan fingerprint density at radius 1 is 1.30 bits per heavy atom. The molecule has 0 unspecified atom stereocenters. The van der Waals surface area contributed by atoms with Crippen molar-refractivity contribution in [1.82, 2.24) is 15.1 Å². The fraction of sp³-hybridized carbons (Fsp3) is 0.857. The van der Waals surface area contributed by atoms with Crippen LogP contribution in [-0.2, 0) is 9.59 Å². The molecule has 1 heterocycles. The van der Waals surface area contributed by atoms with E-state index in [1.165, 1.54) is 0 Å².